The van der Waals surface area contributed by atoms with Gasteiger partial charge in [0.25, 0.3) is 5.91 Å². The van der Waals surface area contributed by atoms with E-state index in [2.05, 4.69) is 5.32 Å². The summed E-state index contributed by atoms with van der Waals surface area (Å²) in [5, 5.41) is 11.7. The number of carboxylic acid groups (broad SMARTS) is 1. The normalized spacial score (nSPS) is 10.1. The Kier molecular flexibility index (Phi) is 6.87. The molecule has 0 radical (unpaired) electrons. The van der Waals surface area contributed by atoms with Crippen molar-refractivity contribution < 1.29 is 19.4 Å². The first kappa shape index (κ1) is 16.3. The van der Waals surface area contributed by atoms with Gasteiger partial charge in [-0.2, -0.15) is 0 Å². The fourth-order valence-corrected chi connectivity index (χ4v) is 1.90. The number of unbranched alkanes of at least 4 members (excludes halogenated alkanes) is 2. The fraction of sp³-hybridized carbons (Fsp3) is 0.429. The number of nitrogens with one attached hydrogen (secondary N) is 1. The minimum absolute atomic E-state index is 0.163. The molecule has 6 heteroatoms. The van der Waals surface area contributed by atoms with Crippen LogP contribution in [0.3, 0.4) is 0 Å². The topological polar surface area (TPSA) is 75.6 Å². The summed E-state index contributed by atoms with van der Waals surface area (Å²) in [4.78, 5) is 22.3. The Morgan fingerprint density at radius 2 is 2.05 bits per heavy atom. The number of hydrogen-bond donors (Lipinski definition) is 2. The second-order valence-corrected chi connectivity index (χ2v) is 4.74. The molecule has 0 aliphatic rings. The van der Waals surface area contributed by atoms with E-state index in [1.54, 1.807) is 18.2 Å². The van der Waals surface area contributed by atoms with Crippen molar-refractivity contribution in [3.8, 4) is 5.75 Å². The van der Waals surface area contributed by atoms with Crippen LogP contribution in [0, 0.1) is 0 Å². The number of methoxy groups -OCH3 is 1. The highest BCUT2D eigenvalue weighted by Gasteiger charge is 2.12. The average Bonchev–Trinajstić information content (AvgIpc) is 2.42. The third-order valence-electron chi connectivity index (χ3n) is 2.76. The molecule has 0 spiro atoms. The lowest BCUT2D eigenvalue weighted by Gasteiger charge is -2.09. The van der Waals surface area contributed by atoms with Crippen LogP contribution in [0.15, 0.2) is 18.2 Å². The van der Waals surface area contributed by atoms with Crippen LogP contribution in [0.2, 0.25) is 5.02 Å². The third-order valence-corrected chi connectivity index (χ3v) is 2.99. The molecule has 0 aliphatic heterocycles. The second kappa shape index (κ2) is 8.43. The lowest BCUT2D eigenvalue weighted by molar-refractivity contribution is -0.137. The predicted molar refractivity (Wildman–Crippen MR) is 76.4 cm³/mol. The Bertz CT molecular complexity index is 476. The van der Waals surface area contributed by atoms with Crippen molar-refractivity contribution in [2.45, 2.75) is 25.7 Å². The number of carboxylic acids is 1. The number of carbonyl (C=O) groups excluding carboxylic acids is 1. The number of amides is 1. The maximum atomic E-state index is 12.0. The Morgan fingerprint density at radius 1 is 1.30 bits per heavy atom. The third kappa shape index (κ3) is 5.48. The SMILES string of the molecule is COc1ccc(Cl)cc1C(=O)NCCCCCC(=O)O. The minimum Gasteiger partial charge on any atom is -0.496 e. The summed E-state index contributed by atoms with van der Waals surface area (Å²) < 4.78 is 5.11. The minimum atomic E-state index is -0.794. The molecule has 0 aliphatic carbocycles. The summed E-state index contributed by atoms with van der Waals surface area (Å²) in [6.07, 6.45) is 2.28. The van der Waals surface area contributed by atoms with Crippen molar-refractivity contribution in [1.29, 1.82) is 0 Å². The number of ether oxygens (including phenoxy) is 1. The van der Waals surface area contributed by atoms with Gasteiger partial charge in [0.15, 0.2) is 0 Å². The maximum Gasteiger partial charge on any atom is 0.303 e. The molecule has 0 fully saturated rings. The molecule has 2 N–H and O–H groups in total. The highest BCUT2D eigenvalue weighted by Crippen LogP contribution is 2.22. The first-order valence-electron chi connectivity index (χ1n) is 6.38. The van der Waals surface area contributed by atoms with E-state index in [0.717, 1.165) is 12.8 Å². The number of benzene rings is 1. The van der Waals surface area contributed by atoms with Crippen molar-refractivity contribution >= 4 is 23.5 Å². The molecule has 5 nitrogen and oxygen atoms in total. The fourth-order valence-electron chi connectivity index (χ4n) is 1.73. The summed E-state index contributed by atoms with van der Waals surface area (Å²) in [7, 11) is 1.49. The van der Waals surface area contributed by atoms with Gasteiger partial charge in [-0.3, -0.25) is 9.59 Å². The number of rotatable bonds is 8. The lowest BCUT2D eigenvalue weighted by atomic mass is 10.1. The summed E-state index contributed by atoms with van der Waals surface area (Å²) in [6, 6.07) is 4.85. The zero-order valence-electron chi connectivity index (χ0n) is 11.3. The van der Waals surface area contributed by atoms with Gasteiger partial charge >= 0.3 is 5.97 Å². The predicted octanol–water partition coefficient (Wildman–Crippen LogP) is 2.72. The molecule has 1 rings (SSSR count). The standard InChI is InChI=1S/C14H18ClNO4/c1-20-12-7-6-10(15)9-11(12)14(19)16-8-4-2-3-5-13(17)18/h6-7,9H,2-5,8H2,1H3,(H,16,19)(H,17,18). The lowest BCUT2D eigenvalue weighted by Crippen LogP contribution is -2.25. The van der Waals surface area contributed by atoms with Crippen molar-refractivity contribution in [3.63, 3.8) is 0 Å². The van der Waals surface area contributed by atoms with E-state index in [1.807, 2.05) is 0 Å². The molecule has 0 heterocycles. The highest BCUT2D eigenvalue weighted by molar-refractivity contribution is 6.31. The van der Waals surface area contributed by atoms with Crippen LogP contribution in [0.25, 0.3) is 0 Å². The van der Waals surface area contributed by atoms with E-state index in [1.165, 1.54) is 7.11 Å². The van der Waals surface area contributed by atoms with E-state index in [-0.39, 0.29) is 12.3 Å². The van der Waals surface area contributed by atoms with Gasteiger partial charge in [0.05, 0.1) is 12.7 Å². The summed E-state index contributed by atoms with van der Waals surface area (Å²) in [6.45, 7) is 0.494. The largest absolute Gasteiger partial charge is 0.496 e. The average molecular weight is 300 g/mol. The molecule has 0 atom stereocenters. The number of hydrogen-bond acceptors (Lipinski definition) is 3. The van der Waals surface area contributed by atoms with Crippen molar-refractivity contribution in [1.82, 2.24) is 5.32 Å². The summed E-state index contributed by atoms with van der Waals surface area (Å²) in [5.41, 5.74) is 0.394. The monoisotopic (exact) mass is 299 g/mol. The number of carbonyl (C=O) groups is 2. The molecule has 0 saturated carbocycles. The van der Waals surface area contributed by atoms with Gasteiger partial charge < -0.3 is 15.2 Å². The van der Waals surface area contributed by atoms with Crippen molar-refractivity contribution in [2.75, 3.05) is 13.7 Å². The van der Waals surface area contributed by atoms with Crippen LogP contribution in [0.5, 0.6) is 5.75 Å². The van der Waals surface area contributed by atoms with E-state index in [4.69, 9.17) is 21.4 Å². The molecular formula is C14H18ClNO4. The second-order valence-electron chi connectivity index (χ2n) is 4.30. The van der Waals surface area contributed by atoms with E-state index >= 15 is 0 Å². The zero-order valence-corrected chi connectivity index (χ0v) is 12.1. The van der Waals surface area contributed by atoms with Crippen LogP contribution in [-0.2, 0) is 4.79 Å². The molecule has 0 saturated heterocycles. The molecule has 0 bridgehead atoms. The van der Waals surface area contributed by atoms with Gasteiger partial charge in [-0.05, 0) is 31.0 Å². The van der Waals surface area contributed by atoms with Gasteiger partial charge in [0, 0.05) is 18.0 Å². The molecule has 1 amide bonds. The van der Waals surface area contributed by atoms with Gasteiger partial charge in [-0.25, -0.2) is 0 Å². The van der Waals surface area contributed by atoms with Gasteiger partial charge in [-0.1, -0.05) is 18.0 Å². The molecule has 1 aromatic carbocycles. The van der Waals surface area contributed by atoms with Crippen LogP contribution < -0.4 is 10.1 Å². The first-order chi connectivity index (χ1) is 9.54. The van der Waals surface area contributed by atoms with Gasteiger partial charge in [-0.15, -0.1) is 0 Å². The van der Waals surface area contributed by atoms with Crippen LogP contribution in [-0.4, -0.2) is 30.6 Å². The molecule has 1 aromatic rings. The summed E-state index contributed by atoms with van der Waals surface area (Å²) in [5.74, 6) is -0.571. The Labute approximate surface area is 122 Å². The van der Waals surface area contributed by atoms with Gasteiger partial charge in [0.1, 0.15) is 5.75 Å². The van der Waals surface area contributed by atoms with E-state index in [9.17, 15) is 9.59 Å². The smallest absolute Gasteiger partial charge is 0.303 e. The Hall–Kier alpha value is -1.75. The molecule has 110 valence electrons. The first-order valence-corrected chi connectivity index (χ1v) is 6.76. The Morgan fingerprint density at radius 3 is 2.70 bits per heavy atom. The van der Waals surface area contributed by atoms with Gasteiger partial charge in [0.2, 0.25) is 0 Å². The highest BCUT2D eigenvalue weighted by atomic mass is 35.5. The molecule has 0 unspecified atom stereocenters. The van der Waals surface area contributed by atoms with Crippen molar-refractivity contribution in [2.24, 2.45) is 0 Å². The number of halogens is 1. The number of aliphatic carboxylic acids is 1. The van der Waals surface area contributed by atoms with Crippen LogP contribution in [0.1, 0.15) is 36.0 Å². The maximum absolute atomic E-state index is 12.0. The van der Waals surface area contributed by atoms with Crippen LogP contribution in [0.4, 0.5) is 0 Å². The molecular weight excluding hydrogens is 282 g/mol. The van der Waals surface area contributed by atoms with E-state index < -0.39 is 5.97 Å². The molecule has 0 aromatic heterocycles. The quantitative estimate of drug-likeness (QED) is 0.724. The Balaban J connectivity index is 2.39. The summed E-state index contributed by atoms with van der Waals surface area (Å²) >= 11 is 5.86. The molecule has 20 heavy (non-hydrogen) atoms. The van der Waals surface area contributed by atoms with Crippen molar-refractivity contribution in [3.05, 3.63) is 28.8 Å². The van der Waals surface area contributed by atoms with Crippen LogP contribution >= 0.6 is 11.6 Å². The zero-order chi connectivity index (χ0) is 15.0. The van der Waals surface area contributed by atoms with E-state index in [0.29, 0.717) is 29.3 Å².